The number of hydrogen-bond donors (Lipinski definition) is 1. The van der Waals surface area contributed by atoms with Gasteiger partial charge in [-0.05, 0) is 76.9 Å². The number of amides is 1. The van der Waals surface area contributed by atoms with Crippen LogP contribution in [0.2, 0.25) is 0 Å². The number of carbonyl (C=O) groups excluding carboxylic acids is 1. The van der Waals surface area contributed by atoms with Gasteiger partial charge in [-0.1, -0.05) is 26.0 Å². The second-order valence-electron chi connectivity index (χ2n) is 5.94. The molecule has 0 unspecified atom stereocenters. The van der Waals surface area contributed by atoms with Gasteiger partial charge in [-0.15, -0.1) is 0 Å². The van der Waals surface area contributed by atoms with Crippen molar-refractivity contribution in [2.75, 3.05) is 7.11 Å². The van der Waals surface area contributed by atoms with Crippen LogP contribution in [-0.4, -0.2) is 13.0 Å². The topological polar surface area (TPSA) is 38.3 Å². The van der Waals surface area contributed by atoms with Gasteiger partial charge in [-0.2, -0.15) is 0 Å². The van der Waals surface area contributed by atoms with E-state index in [9.17, 15) is 4.79 Å². The quantitative estimate of drug-likeness (QED) is 0.677. The summed E-state index contributed by atoms with van der Waals surface area (Å²) in [4.78, 5) is 12.5. The third kappa shape index (κ3) is 5.23. The molecule has 0 aliphatic rings. The van der Waals surface area contributed by atoms with Crippen molar-refractivity contribution >= 4 is 28.5 Å². The van der Waals surface area contributed by atoms with Gasteiger partial charge in [0.25, 0.3) is 5.91 Å². The smallest absolute Gasteiger partial charge is 0.251 e. The summed E-state index contributed by atoms with van der Waals surface area (Å²) >= 11 is 2.23. The highest BCUT2D eigenvalue weighted by atomic mass is 127. The molecule has 0 spiro atoms. The predicted molar refractivity (Wildman–Crippen MR) is 102 cm³/mol. The van der Waals surface area contributed by atoms with Crippen molar-refractivity contribution in [3.05, 3.63) is 63.2 Å². The van der Waals surface area contributed by atoms with Crippen LogP contribution >= 0.6 is 22.6 Å². The Labute approximate surface area is 151 Å². The monoisotopic (exact) mass is 423 g/mol. The minimum Gasteiger partial charge on any atom is -0.497 e. The molecule has 1 amide bonds. The fourth-order valence-corrected chi connectivity index (χ4v) is 2.79. The first-order valence-corrected chi connectivity index (χ1v) is 8.78. The molecule has 0 saturated carbocycles. The lowest BCUT2D eigenvalue weighted by Gasteiger charge is -2.21. The molecule has 0 aromatic heterocycles. The van der Waals surface area contributed by atoms with Crippen molar-refractivity contribution in [2.45, 2.75) is 26.3 Å². The average molecular weight is 423 g/mol. The lowest BCUT2D eigenvalue weighted by Crippen LogP contribution is -2.29. The Bertz CT molecular complexity index is 635. The molecule has 0 aliphatic heterocycles. The normalized spacial score (nSPS) is 12.0. The highest BCUT2D eigenvalue weighted by molar-refractivity contribution is 14.1. The SMILES string of the molecule is COc1ccc([C@H](CC(C)C)NC(=O)c2ccc(I)cc2)cc1. The van der Waals surface area contributed by atoms with Crippen molar-refractivity contribution in [2.24, 2.45) is 5.92 Å². The van der Waals surface area contributed by atoms with Gasteiger partial charge in [0.1, 0.15) is 5.75 Å². The fraction of sp³-hybridized carbons (Fsp3) is 0.316. The van der Waals surface area contributed by atoms with Crippen LogP contribution < -0.4 is 10.1 Å². The van der Waals surface area contributed by atoms with Gasteiger partial charge in [0.15, 0.2) is 0 Å². The van der Waals surface area contributed by atoms with E-state index in [1.807, 2.05) is 48.5 Å². The van der Waals surface area contributed by atoms with Crippen molar-refractivity contribution < 1.29 is 9.53 Å². The fourth-order valence-electron chi connectivity index (χ4n) is 2.43. The molecule has 2 rings (SSSR count). The van der Waals surface area contributed by atoms with E-state index in [2.05, 4.69) is 41.8 Å². The lowest BCUT2D eigenvalue weighted by atomic mass is 9.96. The zero-order valence-electron chi connectivity index (χ0n) is 13.7. The van der Waals surface area contributed by atoms with Crippen molar-refractivity contribution in [1.29, 1.82) is 0 Å². The van der Waals surface area contributed by atoms with Crippen LogP contribution in [0.3, 0.4) is 0 Å². The van der Waals surface area contributed by atoms with Gasteiger partial charge in [-0.3, -0.25) is 4.79 Å². The molecule has 0 saturated heterocycles. The maximum absolute atomic E-state index is 12.5. The molecule has 0 bridgehead atoms. The van der Waals surface area contributed by atoms with Crippen LogP contribution in [0.4, 0.5) is 0 Å². The molecule has 23 heavy (non-hydrogen) atoms. The van der Waals surface area contributed by atoms with Gasteiger partial charge in [0.05, 0.1) is 13.2 Å². The van der Waals surface area contributed by atoms with Gasteiger partial charge < -0.3 is 10.1 Å². The number of benzene rings is 2. The molecule has 1 atom stereocenters. The van der Waals surface area contributed by atoms with Crippen LogP contribution in [0.25, 0.3) is 0 Å². The third-order valence-corrected chi connectivity index (χ3v) is 4.36. The Morgan fingerprint density at radius 1 is 1.09 bits per heavy atom. The second kappa shape index (κ2) is 8.34. The van der Waals surface area contributed by atoms with E-state index in [1.165, 1.54) is 0 Å². The molecular formula is C19H22INO2. The van der Waals surface area contributed by atoms with E-state index < -0.39 is 0 Å². The summed E-state index contributed by atoms with van der Waals surface area (Å²) < 4.78 is 6.32. The van der Waals surface area contributed by atoms with Crippen LogP contribution in [0, 0.1) is 9.49 Å². The molecule has 122 valence electrons. The molecule has 1 N–H and O–H groups in total. The third-order valence-electron chi connectivity index (χ3n) is 3.64. The molecule has 0 fully saturated rings. The maximum atomic E-state index is 12.5. The zero-order valence-corrected chi connectivity index (χ0v) is 15.8. The van der Waals surface area contributed by atoms with E-state index in [0.717, 1.165) is 21.3 Å². The number of carbonyl (C=O) groups is 1. The number of nitrogens with one attached hydrogen (secondary N) is 1. The number of ether oxygens (including phenoxy) is 1. The molecule has 2 aromatic rings. The van der Waals surface area contributed by atoms with Crippen LogP contribution in [0.1, 0.15) is 42.2 Å². The Morgan fingerprint density at radius 2 is 1.70 bits per heavy atom. The molecule has 3 nitrogen and oxygen atoms in total. The van der Waals surface area contributed by atoms with Crippen molar-refractivity contribution in [3.8, 4) is 5.75 Å². The summed E-state index contributed by atoms with van der Waals surface area (Å²) in [6.45, 7) is 4.32. The summed E-state index contributed by atoms with van der Waals surface area (Å²) in [5, 5.41) is 3.16. The largest absolute Gasteiger partial charge is 0.497 e. The van der Waals surface area contributed by atoms with Gasteiger partial charge in [-0.25, -0.2) is 0 Å². The summed E-state index contributed by atoms with van der Waals surface area (Å²) in [7, 11) is 1.65. The van der Waals surface area contributed by atoms with Crippen LogP contribution in [0.5, 0.6) is 5.75 Å². The van der Waals surface area contributed by atoms with E-state index in [0.29, 0.717) is 11.5 Å². The number of methoxy groups -OCH3 is 1. The Hall–Kier alpha value is -1.56. The molecule has 0 radical (unpaired) electrons. The lowest BCUT2D eigenvalue weighted by molar-refractivity contribution is 0.0932. The number of rotatable bonds is 6. The summed E-state index contributed by atoms with van der Waals surface area (Å²) in [6, 6.07) is 15.5. The molecule has 2 aromatic carbocycles. The zero-order chi connectivity index (χ0) is 16.8. The summed E-state index contributed by atoms with van der Waals surface area (Å²) in [6.07, 6.45) is 0.891. The summed E-state index contributed by atoms with van der Waals surface area (Å²) in [5.41, 5.74) is 1.78. The van der Waals surface area contributed by atoms with Crippen molar-refractivity contribution in [1.82, 2.24) is 5.32 Å². The van der Waals surface area contributed by atoms with Gasteiger partial charge in [0.2, 0.25) is 0 Å². The second-order valence-corrected chi connectivity index (χ2v) is 7.18. The first kappa shape index (κ1) is 17.8. The molecule has 4 heteroatoms. The van der Waals surface area contributed by atoms with E-state index in [1.54, 1.807) is 7.11 Å². The van der Waals surface area contributed by atoms with E-state index in [-0.39, 0.29) is 11.9 Å². The highest BCUT2D eigenvalue weighted by Gasteiger charge is 2.17. The van der Waals surface area contributed by atoms with Gasteiger partial charge in [0, 0.05) is 9.13 Å². The van der Waals surface area contributed by atoms with E-state index >= 15 is 0 Å². The molecular weight excluding hydrogens is 401 g/mol. The molecule has 0 aliphatic carbocycles. The predicted octanol–water partition coefficient (Wildman–Crippen LogP) is 4.82. The summed E-state index contributed by atoms with van der Waals surface area (Å²) in [5.74, 6) is 1.27. The Kier molecular flexibility index (Phi) is 6.45. The number of halogens is 1. The Balaban J connectivity index is 2.17. The standard InChI is InChI=1S/C19H22INO2/c1-13(2)12-18(14-6-10-17(23-3)11-7-14)21-19(22)15-4-8-16(20)9-5-15/h4-11,13,18H,12H2,1-3H3,(H,21,22)/t18-/m0/s1. The Morgan fingerprint density at radius 3 is 2.22 bits per heavy atom. The average Bonchev–Trinajstić information content (AvgIpc) is 2.54. The minimum absolute atomic E-state index is 0.00677. The van der Waals surface area contributed by atoms with E-state index in [4.69, 9.17) is 4.74 Å². The highest BCUT2D eigenvalue weighted by Crippen LogP contribution is 2.24. The van der Waals surface area contributed by atoms with Gasteiger partial charge >= 0.3 is 0 Å². The van der Waals surface area contributed by atoms with Crippen molar-refractivity contribution in [3.63, 3.8) is 0 Å². The molecule has 0 heterocycles. The van der Waals surface area contributed by atoms with Crippen LogP contribution in [-0.2, 0) is 0 Å². The minimum atomic E-state index is -0.0390. The number of hydrogen-bond acceptors (Lipinski definition) is 2. The van der Waals surface area contributed by atoms with Crippen LogP contribution in [0.15, 0.2) is 48.5 Å². The first-order valence-electron chi connectivity index (χ1n) is 7.70. The maximum Gasteiger partial charge on any atom is 0.251 e. The first-order chi connectivity index (χ1) is 11.0.